The van der Waals surface area contributed by atoms with Crippen LogP contribution in [0.25, 0.3) is 0 Å². The SMILES string of the molecule is O=C1N[C@H](c2cc(Cl)ccc2[N+](=O)[O-])CO1. The minimum Gasteiger partial charge on any atom is -0.447 e. The zero-order valence-corrected chi connectivity index (χ0v) is 8.73. The van der Waals surface area contributed by atoms with Crippen molar-refractivity contribution in [1.29, 1.82) is 0 Å². The molecule has 1 heterocycles. The van der Waals surface area contributed by atoms with Crippen molar-refractivity contribution in [2.24, 2.45) is 0 Å². The maximum atomic E-state index is 10.9. The number of nitrogens with one attached hydrogen (secondary N) is 1. The molecule has 1 aliphatic rings. The first-order valence-electron chi connectivity index (χ1n) is 4.45. The summed E-state index contributed by atoms with van der Waals surface area (Å²) in [7, 11) is 0. The highest BCUT2D eigenvalue weighted by Crippen LogP contribution is 2.30. The van der Waals surface area contributed by atoms with Crippen molar-refractivity contribution in [3.63, 3.8) is 0 Å². The number of nitrogens with zero attached hydrogens (tertiary/aromatic N) is 1. The van der Waals surface area contributed by atoms with Gasteiger partial charge in [-0.3, -0.25) is 10.1 Å². The number of carbonyl (C=O) groups is 1. The van der Waals surface area contributed by atoms with Crippen molar-refractivity contribution >= 4 is 23.4 Å². The van der Waals surface area contributed by atoms with Gasteiger partial charge in [0.1, 0.15) is 6.61 Å². The summed E-state index contributed by atoms with van der Waals surface area (Å²) in [6, 6.07) is 3.68. The summed E-state index contributed by atoms with van der Waals surface area (Å²) >= 11 is 5.76. The van der Waals surface area contributed by atoms with Crippen molar-refractivity contribution in [3.05, 3.63) is 38.9 Å². The number of amides is 1. The lowest BCUT2D eigenvalue weighted by molar-refractivity contribution is -0.385. The molecule has 1 fully saturated rings. The van der Waals surface area contributed by atoms with Crippen molar-refractivity contribution in [1.82, 2.24) is 5.32 Å². The fourth-order valence-corrected chi connectivity index (χ4v) is 1.70. The van der Waals surface area contributed by atoms with Crippen molar-refractivity contribution < 1.29 is 14.5 Å². The van der Waals surface area contributed by atoms with E-state index in [1.165, 1.54) is 18.2 Å². The largest absolute Gasteiger partial charge is 0.447 e. The second kappa shape index (κ2) is 3.97. The molecule has 0 radical (unpaired) electrons. The van der Waals surface area contributed by atoms with Crippen LogP contribution in [0.3, 0.4) is 0 Å². The lowest BCUT2D eigenvalue weighted by Crippen LogP contribution is -2.19. The molecule has 0 aromatic heterocycles. The number of nitro groups is 1. The summed E-state index contributed by atoms with van der Waals surface area (Å²) in [5, 5.41) is 13.6. The molecular formula is C9H7ClN2O4. The number of ether oxygens (including phenoxy) is 1. The van der Waals surface area contributed by atoms with E-state index in [0.29, 0.717) is 10.6 Å². The van der Waals surface area contributed by atoms with Gasteiger partial charge < -0.3 is 10.1 Å². The predicted octanol–water partition coefficient (Wildman–Crippen LogP) is 2.03. The lowest BCUT2D eigenvalue weighted by Gasteiger charge is -2.08. The van der Waals surface area contributed by atoms with Crippen LogP contribution in [0.5, 0.6) is 0 Å². The maximum Gasteiger partial charge on any atom is 0.407 e. The summed E-state index contributed by atoms with van der Waals surface area (Å²) in [6.45, 7) is 0.0695. The van der Waals surface area contributed by atoms with Crippen molar-refractivity contribution in [2.75, 3.05) is 6.61 Å². The molecule has 16 heavy (non-hydrogen) atoms. The molecule has 0 bridgehead atoms. The number of cyclic esters (lactones) is 1. The van der Waals surface area contributed by atoms with Gasteiger partial charge in [0.2, 0.25) is 0 Å². The van der Waals surface area contributed by atoms with E-state index in [1.807, 2.05) is 0 Å². The molecule has 0 saturated carbocycles. The molecule has 1 saturated heterocycles. The molecule has 1 aliphatic heterocycles. The van der Waals surface area contributed by atoms with Crippen LogP contribution in [0.4, 0.5) is 10.5 Å². The highest BCUT2D eigenvalue weighted by atomic mass is 35.5. The van der Waals surface area contributed by atoms with Crippen LogP contribution in [0.15, 0.2) is 18.2 Å². The van der Waals surface area contributed by atoms with Gasteiger partial charge in [-0.2, -0.15) is 0 Å². The molecule has 0 aliphatic carbocycles. The Labute approximate surface area is 95.3 Å². The highest BCUT2D eigenvalue weighted by molar-refractivity contribution is 6.30. The van der Waals surface area contributed by atoms with Gasteiger partial charge in [0, 0.05) is 11.1 Å². The molecular weight excluding hydrogens is 236 g/mol. The zero-order valence-electron chi connectivity index (χ0n) is 7.97. The van der Waals surface area contributed by atoms with E-state index in [9.17, 15) is 14.9 Å². The average Bonchev–Trinajstić information content (AvgIpc) is 2.64. The van der Waals surface area contributed by atoms with Crippen molar-refractivity contribution in [3.8, 4) is 0 Å². The van der Waals surface area contributed by atoms with E-state index in [0.717, 1.165) is 0 Å². The summed E-state index contributed by atoms with van der Waals surface area (Å²) in [5.74, 6) is 0. The van der Waals surface area contributed by atoms with E-state index >= 15 is 0 Å². The Morgan fingerprint density at radius 1 is 1.56 bits per heavy atom. The molecule has 7 heteroatoms. The van der Waals surface area contributed by atoms with E-state index in [1.54, 1.807) is 0 Å². The number of benzene rings is 1. The Kier molecular flexibility index (Phi) is 2.66. The van der Waals surface area contributed by atoms with E-state index in [2.05, 4.69) is 10.1 Å². The number of halogens is 1. The second-order valence-electron chi connectivity index (χ2n) is 3.26. The third-order valence-electron chi connectivity index (χ3n) is 2.23. The molecule has 1 amide bonds. The molecule has 84 valence electrons. The van der Waals surface area contributed by atoms with Gasteiger partial charge in [-0.1, -0.05) is 11.6 Å². The van der Waals surface area contributed by atoms with Crippen molar-refractivity contribution in [2.45, 2.75) is 6.04 Å². The Hall–Kier alpha value is -1.82. The molecule has 0 spiro atoms. The molecule has 0 unspecified atom stereocenters. The van der Waals surface area contributed by atoms with Gasteiger partial charge in [-0.05, 0) is 12.1 Å². The smallest absolute Gasteiger partial charge is 0.407 e. The lowest BCUT2D eigenvalue weighted by atomic mass is 10.1. The molecule has 1 N–H and O–H groups in total. The Morgan fingerprint density at radius 3 is 2.88 bits per heavy atom. The first kappa shape index (κ1) is 10.7. The normalized spacial score (nSPS) is 19.1. The predicted molar refractivity (Wildman–Crippen MR) is 55.3 cm³/mol. The van der Waals surface area contributed by atoms with E-state index in [4.69, 9.17) is 11.6 Å². The third-order valence-corrected chi connectivity index (χ3v) is 2.47. The zero-order chi connectivity index (χ0) is 11.7. The Balaban J connectivity index is 2.41. The van der Waals surface area contributed by atoms with Gasteiger partial charge in [-0.15, -0.1) is 0 Å². The Bertz CT molecular complexity index is 463. The molecule has 1 atom stereocenters. The maximum absolute atomic E-state index is 10.9. The number of alkyl carbamates (subject to hydrolysis) is 1. The average molecular weight is 243 g/mol. The molecule has 2 rings (SSSR count). The minimum absolute atomic E-state index is 0.0695. The van der Waals surface area contributed by atoms with Gasteiger partial charge >= 0.3 is 6.09 Å². The first-order valence-corrected chi connectivity index (χ1v) is 4.83. The highest BCUT2D eigenvalue weighted by Gasteiger charge is 2.29. The standard InChI is InChI=1S/C9H7ClN2O4/c10-5-1-2-8(12(14)15)6(3-5)7-4-16-9(13)11-7/h1-3,7H,4H2,(H,11,13)/t7-/m0/s1. The number of nitro benzene ring substituents is 1. The minimum atomic E-state index is -0.584. The van der Waals surface area contributed by atoms with Gasteiger partial charge in [0.25, 0.3) is 5.69 Å². The van der Waals surface area contributed by atoms with Crippen LogP contribution in [-0.4, -0.2) is 17.6 Å². The number of rotatable bonds is 2. The fraction of sp³-hybridized carbons (Fsp3) is 0.222. The molecule has 6 nitrogen and oxygen atoms in total. The van der Waals surface area contributed by atoms with Crippen LogP contribution in [-0.2, 0) is 4.74 Å². The quantitative estimate of drug-likeness (QED) is 0.635. The number of carbonyl (C=O) groups excluding carboxylic acids is 1. The summed E-state index contributed by atoms with van der Waals surface area (Å²) in [6.07, 6.45) is -0.584. The second-order valence-corrected chi connectivity index (χ2v) is 3.69. The molecule has 1 aromatic carbocycles. The number of hydrogen-bond acceptors (Lipinski definition) is 4. The van der Waals surface area contributed by atoms with E-state index < -0.39 is 17.1 Å². The first-order chi connectivity index (χ1) is 7.58. The summed E-state index contributed by atoms with van der Waals surface area (Å²) in [4.78, 5) is 21.1. The number of hydrogen-bond donors (Lipinski definition) is 1. The topological polar surface area (TPSA) is 81.5 Å². The fourth-order valence-electron chi connectivity index (χ4n) is 1.52. The van der Waals surface area contributed by atoms with E-state index in [-0.39, 0.29) is 12.3 Å². The van der Waals surface area contributed by atoms with Gasteiger partial charge in [-0.25, -0.2) is 4.79 Å². The van der Waals surface area contributed by atoms with Crippen LogP contribution in [0.2, 0.25) is 5.02 Å². The van der Waals surface area contributed by atoms with Crippen LogP contribution < -0.4 is 5.32 Å². The monoisotopic (exact) mass is 242 g/mol. The van der Waals surface area contributed by atoms with Gasteiger partial charge in [0.05, 0.1) is 16.5 Å². The van der Waals surface area contributed by atoms with Crippen LogP contribution in [0, 0.1) is 10.1 Å². The van der Waals surface area contributed by atoms with Gasteiger partial charge in [0.15, 0.2) is 0 Å². The summed E-state index contributed by atoms with van der Waals surface area (Å²) < 4.78 is 4.68. The molecule has 1 aromatic rings. The summed E-state index contributed by atoms with van der Waals surface area (Å²) in [5.41, 5.74) is 0.267. The van der Waals surface area contributed by atoms with Crippen LogP contribution >= 0.6 is 11.6 Å². The van der Waals surface area contributed by atoms with Crippen LogP contribution in [0.1, 0.15) is 11.6 Å². The third kappa shape index (κ3) is 1.92. The Morgan fingerprint density at radius 2 is 2.31 bits per heavy atom.